The standard InChI is InChI=1S/C15H17N3O3S/c1-12(15(19)17-13-7-6-10-16-11-13)18(22(2,20)21)14-8-4-3-5-9-14/h3-12H,1-2H3,(H,17,19)/p+1. The second-order valence-electron chi connectivity index (χ2n) is 4.85. The molecule has 2 aromatic rings. The van der Waals surface area contributed by atoms with Crippen molar-refractivity contribution in [3.63, 3.8) is 0 Å². The molecule has 0 aliphatic rings. The molecule has 7 heteroatoms. The third-order valence-electron chi connectivity index (χ3n) is 3.07. The quantitative estimate of drug-likeness (QED) is 0.901. The monoisotopic (exact) mass is 320 g/mol. The fourth-order valence-corrected chi connectivity index (χ4v) is 3.28. The van der Waals surface area contributed by atoms with Gasteiger partial charge < -0.3 is 5.32 Å². The number of aromatic nitrogens is 1. The van der Waals surface area contributed by atoms with Crippen LogP contribution >= 0.6 is 0 Å². The van der Waals surface area contributed by atoms with E-state index in [0.717, 1.165) is 10.6 Å². The Hall–Kier alpha value is -2.41. The van der Waals surface area contributed by atoms with E-state index in [-0.39, 0.29) is 0 Å². The molecule has 1 heterocycles. The van der Waals surface area contributed by atoms with Crippen LogP contribution in [0.2, 0.25) is 0 Å². The molecule has 22 heavy (non-hydrogen) atoms. The van der Waals surface area contributed by atoms with Crippen LogP contribution in [0.15, 0.2) is 54.9 Å². The average molecular weight is 320 g/mol. The van der Waals surface area contributed by atoms with E-state index in [1.807, 2.05) is 0 Å². The van der Waals surface area contributed by atoms with Crippen molar-refractivity contribution in [2.24, 2.45) is 0 Å². The van der Waals surface area contributed by atoms with Crippen molar-refractivity contribution < 1.29 is 18.2 Å². The molecular formula is C15H18N3O3S+. The van der Waals surface area contributed by atoms with E-state index in [1.54, 1.807) is 61.8 Å². The van der Waals surface area contributed by atoms with Crippen LogP contribution in [-0.4, -0.2) is 26.6 Å². The number of H-pyrrole nitrogens is 1. The molecule has 0 bridgehead atoms. The Morgan fingerprint density at radius 3 is 2.41 bits per heavy atom. The molecule has 0 saturated carbocycles. The van der Waals surface area contributed by atoms with Gasteiger partial charge in [0.2, 0.25) is 15.9 Å². The predicted octanol–water partition coefficient (Wildman–Crippen LogP) is 1.29. The molecule has 6 nitrogen and oxygen atoms in total. The Balaban J connectivity index is 2.27. The molecule has 1 unspecified atom stereocenters. The maximum atomic E-state index is 12.3. The predicted molar refractivity (Wildman–Crippen MR) is 84.9 cm³/mol. The molecule has 1 amide bonds. The third kappa shape index (κ3) is 3.82. The zero-order valence-corrected chi connectivity index (χ0v) is 13.2. The van der Waals surface area contributed by atoms with Crippen molar-refractivity contribution in [3.8, 4) is 0 Å². The van der Waals surface area contributed by atoms with Crippen LogP contribution in [-0.2, 0) is 14.8 Å². The Morgan fingerprint density at radius 1 is 1.18 bits per heavy atom. The number of amides is 1. The van der Waals surface area contributed by atoms with Crippen LogP contribution in [0.4, 0.5) is 11.4 Å². The van der Waals surface area contributed by atoms with Gasteiger partial charge in [-0.2, -0.15) is 0 Å². The molecule has 0 aliphatic heterocycles. The number of carbonyl (C=O) groups is 1. The normalized spacial score (nSPS) is 12.5. The molecule has 1 atom stereocenters. The molecule has 2 rings (SSSR count). The molecule has 0 fully saturated rings. The summed E-state index contributed by atoms with van der Waals surface area (Å²) in [6.07, 6.45) is 4.42. The summed E-state index contributed by atoms with van der Waals surface area (Å²) in [5, 5.41) is 2.69. The summed E-state index contributed by atoms with van der Waals surface area (Å²) >= 11 is 0. The number of aromatic amines is 1. The summed E-state index contributed by atoms with van der Waals surface area (Å²) in [7, 11) is -3.59. The highest BCUT2D eigenvalue weighted by Gasteiger charge is 2.29. The maximum absolute atomic E-state index is 12.3. The van der Waals surface area contributed by atoms with Gasteiger partial charge in [-0.05, 0) is 25.1 Å². The highest BCUT2D eigenvalue weighted by Crippen LogP contribution is 2.20. The summed E-state index contributed by atoms with van der Waals surface area (Å²) in [6.45, 7) is 1.55. The Kier molecular flexibility index (Phi) is 4.77. The van der Waals surface area contributed by atoms with Crippen LogP contribution in [0, 0.1) is 0 Å². The largest absolute Gasteiger partial charge is 0.319 e. The molecule has 116 valence electrons. The van der Waals surface area contributed by atoms with E-state index in [9.17, 15) is 13.2 Å². The SMILES string of the molecule is CC(C(=O)Nc1ccc[nH+]c1)N(c1ccccc1)S(C)(=O)=O. The average Bonchev–Trinajstić information content (AvgIpc) is 2.48. The zero-order valence-electron chi connectivity index (χ0n) is 12.4. The summed E-state index contributed by atoms with van der Waals surface area (Å²) in [5.74, 6) is -0.408. The highest BCUT2D eigenvalue weighted by molar-refractivity contribution is 7.92. The van der Waals surface area contributed by atoms with Gasteiger partial charge in [-0.1, -0.05) is 18.2 Å². The fourth-order valence-electron chi connectivity index (χ4n) is 2.10. The zero-order chi connectivity index (χ0) is 16.2. The van der Waals surface area contributed by atoms with Crippen LogP contribution in [0.5, 0.6) is 0 Å². The number of nitrogens with one attached hydrogen (secondary N) is 2. The Morgan fingerprint density at radius 2 is 1.86 bits per heavy atom. The van der Waals surface area contributed by atoms with Gasteiger partial charge in [-0.15, -0.1) is 0 Å². The molecular weight excluding hydrogens is 302 g/mol. The Labute approximate surface area is 129 Å². The highest BCUT2D eigenvalue weighted by atomic mass is 32.2. The van der Waals surface area contributed by atoms with Crippen LogP contribution in [0.25, 0.3) is 0 Å². The molecule has 0 radical (unpaired) electrons. The van der Waals surface area contributed by atoms with E-state index in [0.29, 0.717) is 11.4 Å². The fraction of sp³-hybridized carbons (Fsp3) is 0.200. The summed E-state index contributed by atoms with van der Waals surface area (Å²) in [6, 6.07) is 11.1. The van der Waals surface area contributed by atoms with Crippen molar-refractivity contribution in [3.05, 3.63) is 54.9 Å². The van der Waals surface area contributed by atoms with Crippen molar-refractivity contribution in [2.45, 2.75) is 13.0 Å². The molecule has 2 N–H and O–H groups in total. The second-order valence-corrected chi connectivity index (χ2v) is 6.71. The van der Waals surface area contributed by atoms with Crippen molar-refractivity contribution >= 4 is 27.3 Å². The van der Waals surface area contributed by atoms with Crippen molar-refractivity contribution in [1.82, 2.24) is 0 Å². The first-order valence-electron chi connectivity index (χ1n) is 6.71. The second kappa shape index (κ2) is 6.57. The van der Waals surface area contributed by atoms with Gasteiger partial charge in [-0.3, -0.25) is 9.10 Å². The maximum Gasteiger partial charge on any atom is 0.248 e. The summed E-state index contributed by atoms with van der Waals surface area (Å²) in [5.41, 5.74) is 1.02. The summed E-state index contributed by atoms with van der Waals surface area (Å²) < 4.78 is 25.2. The lowest BCUT2D eigenvalue weighted by Gasteiger charge is -2.28. The molecule has 0 aliphatic carbocycles. The van der Waals surface area contributed by atoms with Gasteiger partial charge in [0.25, 0.3) is 0 Å². The van der Waals surface area contributed by atoms with E-state index in [4.69, 9.17) is 0 Å². The van der Waals surface area contributed by atoms with E-state index >= 15 is 0 Å². The number of hydrogen-bond donors (Lipinski definition) is 1. The number of para-hydroxylation sites is 1. The number of sulfonamides is 1. The first-order valence-corrected chi connectivity index (χ1v) is 8.56. The van der Waals surface area contributed by atoms with Gasteiger partial charge in [0, 0.05) is 6.07 Å². The minimum absolute atomic E-state index is 0.408. The minimum atomic E-state index is -3.59. The van der Waals surface area contributed by atoms with Crippen LogP contribution < -0.4 is 14.6 Å². The number of pyridine rings is 1. The van der Waals surface area contributed by atoms with E-state index in [2.05, 4.69) is 10.3 Å². The lowest BCUT2D eigenvalue weighted by atomic mass is 10.2. The first-order chi connectivity index (χ1) is 10.4. The minimum Gasteiger partial charge on any atom is -0.319 e. The first kappa shape index (κ1) is 16.0. The Bertz CT molecular complexity index is 733. The molecule has 0 saturated heterocycles. The van der Waals surface area contributed by atoms with Gasteiger partial charge in [0.15, 0.2) is 12.4 Å². The van der Waals surface area contributed by atoms with Gasteiger partial charge in [0.05, 0.1) is 11.9 Å². The molecule has 0 spiro atoms. The molecule has 1 aromatic carbocycles. The van der Waals surface area contributed by atoms with Crippen molar-refractivity contribution in [1.29, 1.82) is 0 Å². The number of carbonyl (C=O) groups excluding carboxylic acids is 1. The van der Waals surface area contributed by atoms with E-state index < -0.39 is 22.0 Å². The van der Waals surface area contributed by atoms with Gasteiger partial charge in [-0.25, -0.2) is 13.4 Å². The van der Waals surface area contributed by atoms with E-state index in [1.165, 1.54) is 0 Å². The van der Waals surface area contributed by atoms with Crippen LogP contribution in [0.1, 0.15) is 6.92 Å². The van der Waals surface area contributed by atoms with Crippen LogP contribution in [0.3, 0.4) is 0 Å². The smallest absolute Gasteiger partial charge is 0.248 e. The number of benzene rings is 1. The number of nitrogens with zero attached hydrogens (tertiary/aromatic N) is 1. The lowest BCUT2D eigenvalue weighted by Crippen LogP contribution is -2.45. The lowest BCUT2D eigenvalue weighted by molar-refractivity contribution is -0.377. The molecule has 1 aromatic heterocycles. The number of hydrogen-bond acceptors (Lipinski definition) is 3. The van der Waals surface area contributed by atoms with Gasteiger partial charge in [0.1, 0.15) is 11.7 Å². The number of anilines is 2. The topological polar surface area (TPSA) is 80.6 Å². The third-order valence-corrected chi connectivity index (χ3v) is 4.32. The van der Waals surface area contributed by atoms with Crippen molar-refractivity contribution in [2.75, 3.05) is 15.9 Å². The summed E-state index contributed by atoms with van der Waals surface area (Å²) in [4.78, 5) is 15.2. The number of rotatable bonds is 5. The van der Waals surface area contributed by atoms with Gasteiger partial charge >= 0.3 is 0 Å².